The predicted molar refractivity (Wildman–Crippen MR) is 160 cm³/mol. The summed E-state index contributed by atoms with van der Waals surface area (Å²) in [6, 6.07) is 1.59. The number of hydrogen-bond donors (Lipinski definition) is 2. The van der Waals surface area contributed by atoms with Crippen LogP contribution in [0.15, 0.2) is 18.2 Å². The van der Waals surface area contributed by atoms with E-state index in [2.05, 4.69) is 26.3 Å². The van der Waals surface area contributed by atoms with Crippen molar-refractivity contribution in [1.82, 2.24) is 19.9 Å². The van der Waals surface area contributed by atoms with Crippen LogP contribution in [-0.2, 0) is 4.74 Å². The molecule has 1 aromatic carbocycles. The highest BCUT2D eigenvalue weighted by atomic mass is 35.5. The third kappa shape index (κ3) is 4.28. The lowest BCUT2D eigenvalue weighted by molar-refractivity contribution is 0.108. The number of aromatic nitrogens is 3. The average molecular weight is 594 g/mol. The van der Waals surface area contributed by atoms with E-state index in [9.17, 15) is 0 Å². The van der Waals surface area contributed by atoms with Crippen molar-refractivity contribution in [3.05, 3.63) is 40.2 Å². The molecule has 10 nitrogen and oxygen atoms in total. The Kier molecular flexibility index (Phi) is 6.71. The highest BCUT2D eigenvalue weighted by Crippen LogP contribution is 2.45. The van der Waals surface area contributed by atoms with E-state index < -0.39 is 5.82 Å². The summed E-state index contributed by atoms with van der Waals surface area (Å²) in [5, 5.41) is 8.63. The molecule has 2 aromatic heterocycles. The fourth-order valence-corrected chi connectivity index (χ4v) is 7.18. The van der Waals surface area contributed by atoms with E-state index in [1.54, 1.807) is 13.0 Å². The standard InChI is InChI=1S/C30H33ClFN7O3/c1-16-10-30(5-3-6-38(30)12-16)15-42-29-36-26-22-27(37-29)39-7-4-8-40-13-18(39)14-41-28(22)35-25(24(26)32)21-19(11-33)20(34)9-17(2)23(21)31/h9,11,18,33H,1,3-8,10,12-15,34H2,2H3/t18-,30-/m0/s1. The summed E-state index contributed by atoms with van der Waals surface area (Å²) in [5.74, 6) is -0.00860. The zero-order valence-corrected chi connectivity index (χ0v) is 24.3. The fourth-order valence-electron chi connectivity index (χ4n) is 6.93. The molecular weight excluding hydrogens is 561 g/mol. The quantitative estimate of drug-likeness (QED) is 0.249. The number of nitrogen functional groups attached to an aromatic ring is 1. The fraction of sp³-hybridized carbons (Fsp3) is 0.467. The van der Waals surface area contributed by atoms with Crippen LogP contribution in [0.4, 0.5) is 15.9 Å². The molecule has 6 heterocycles. The first kappa shape index (κ1) is 27.3. The number of halogens is 2. The number of nitrogens with zero attached hydrogens (tertiary/aromatic N) is 5. The molecule has 3 N–H and O–H groups in total. The van der Waals surface area contributed by atoms with Gasteiger partial charge in [0.1, 0.15) is 35.6 Å². The minimum Gasteiger partial charge on any atom is -0.475 e. The molecule has 7 rings (SSSR count). The summed E-state index contributed by atoms with van der Waals surface area (Å²) in [4.78, 5) is 18.6. The first-order chi connectivity index (χ1) is 20.3. The van der Waals surface area contributed by atoms with Crippen LogP contribution in [0.2, 0.25) is 5.02 Å². The molecule has 0 aliphatic carbocycles. The zero-order valence-electron chi connectivity index (χ0n) is 23.5. The topological polar surface area (TPSA) is 123 Å². The lowest BCUT2D eigenvalue weighted by atomic mass is 9.94. The van der Waals surface area contributed by atoms with Crippen molar-refractivity contribution in [3.8, 4) is 23.1 Å². The van der Waals surface area contributed by atoms with Crippen LogP contribution in [0, 0.1) is 18.2 Å². The minimum absolute atomic E-state index is 0.0181. The van der Waals surface area contributed by atoms with Crippen molar-refractivity contribution >= 4 is 40.2 Å². The van der Waals surface area contributed by atoms with Gasteiger partial charge in [-0.25, -0.2) is 9.37 Å². The number of nitrogens with two attached hydrogens (primary N) is 1. The van der Waals surface area contributed by atoms with E-state index in [4.69, 9.17) is 41.9 Å². The van der Waals surface area contributed by atoms with E-state index in [-0.39, 0.29) is 57.4 Å². The molecule has 220 valence electrons. The second-order valence-electron chi connectivity index (χ2n) is 11.7. The van der Waals surface area contributed by atoms with Gasteiger partial charge in [0, 0.05) is 42.7 Å². The van der Waals surface area contributed by atoms with Crippen LogP contribution >= 0.6 is 11.6 Å². The van der Waals surface area contributed by atoms with Crippen LogP contribution in [0.5, 0.6) is 11.9 Å². The van der Waals surface area contributed by atoms with Crippen molar-refractivity contribution in [2.24, 2.45) is 0 Å². The Morgan fingerprint density at radius 3 is 2.98 bits per heavy atom. The molecule has 0 saturated carbocycles. The van der Waals surface area contributed by atoms with Crippen LogP contribution < -0.4 is 20.1 Å². The summed E-state index contributed by atoms with van der Waals surface area (Å²) in [5.41, 5.74) is 8.63. The van der Waals surface area contributed by atoms with Gasteiger partial charge in [0.25, 0.3) is 0 Å². The maximum Gasteiger partial charge on any atom is 0.319 e. The number of hydrogen-bond acceptors (Lipinski definition) is 10. The maximum atomic E-state index is 16.8. The summed E-state index contributed by atoms with van der Waals surface area (Å²) >= 11 is 6.71. The average Bonchev–Trinajstić information content (AvgIpc) is 3.32. The van der Waals surface area contributed by atoms with E-state index in [1.165, 1.54) is 5.57 Å². The Morgan fingerprint density at radius 1 is 1.29 bits per heavy atom. The molecule has 0 radical (unpaired) electrons. The second-order valence-corrected chi connectivity index (χ2v) is 12.1. The number of rotatable bonds is 5. The van der Waals surface area contributed by atoms with Gasteiger partial charge in [0.2, 0.25) is 5.88 Å². The molecule has 2 atom stereocenters. The zero-order chi connectivity index (χ0) is 29.2. The van der Waals surface area contributed by atoms with Crippen molar-refractivity contribution < 1.29 is 18.6 Å². The van der Waals surface area contributed by atoms with Crippen molar-refractivity contribution in [2.45, 2.75) is 44.2 Å². The minimum atomic E-state index is -0.708. The van der Waals surface area contributed by atoms with Crippen molar-refractivity contribution in [2.75, 3.05) is 56.7 Å². The van der Waals surface area contributed by atoms with Crippen LogP contribution in [0.3, 0.4) is 0 Å². The SMILES string of the molecule is C=C1CN2CCC[C@@]2(COc2nc3c4c(nc(-c5c(Cl)c(C)cc(N)c5C=N)c(F)c4n2)OC[C@@H]2COCCCN32)C1. The predicted octanol–water partition coefficient (Wildman–Crippen LogP) is 4.53. The number of anilines is 2. The monoisotopic (exact) mass is 593 g/mol. The van der Waals surface area contributed by atoms with Gasteiger partial charge in [0.15, 0.2) is 5.82 Å². The highest BCUT2D eigenvalue weighted by Gasteiger charge is 2.46. The van der Waals surface area contributed by atoms with E-state index in [0.29, 0.717) is 48.8 Å². The Balaban J connectivity index is 1.42. The molecule has 0 amide bonds. The number of ether oxygens (including phenoxy) is 3. The largest absolute Gasteiger partial charge is 0.475 e. The number of aryl methyl sites for hydroxylation is 1. The third-order valence-corrected chi connectivity index (χ3v) is 9.43. The van der Waals surface area contributed by atoms with Crippen molar-refractivity contribution in [3.63, 3.8) is 0 Å². The van der Waals surface area contributed by atoms with Crippen molar-refractivity contribution in [1.29, 1.82) is 5.41 Å². The van der Waals surface area contributed by atoms with Gasteiger partial charge in [0.05, 0.1) is 23.2 Å². The van der Waals surface area contributed by atoms with Crippen LogP contribution in [-0.4, -0.2) is 83.7 Å². The van der Waals surface area contributed by atoms with Crippen LogP contribution in [0.1, 0.15) is 36.8 Å². The van der Waals surface area contributed by atoms with E-state index in [1.807, 2.05) is 0 Å². The molecule has 0 spiro atoms. The van der Waals surface area contributed by atoms with Gasteiger partial charge in [-0.1, -0.05) is 23.8 Å². The first-order valence-electron chi connectivity index (χ1n) is 14.3. The Morgan fingerprint density at radius 2 is 2.14 bits per heavy atom. The Bertz CT molecular complexity index is 1630. The van der Waals surface area contributed by atoms with E-state index >= 15 is 4.39 Å². The molecule has 3 fully saturated rings. The first-order valence-corrected chi connectivity index (χ1v) is 14.7. The maximum absolute atomic E-state index is 16.8. The van der Waals surface area contributed by atoms with Gasteiger partial charge >= 0.3 is 6.01 Å². The summed E-state index contributed by atoms with van der Waals surface area (Å²) in [6.07, 6.45) is 4.79. The van der Waals surface area contributed by atoms with Gasteiger partial charge < -0.3 is 30.3 Å². The molecule has 0 bridgehead atoms. The molecule has 3 saturated heterocycles. The molecule has 4 aliphatic heterocycles. The van der Waals surface area contributed by atoms with Crippen LogP contribution in [0.25, 0.3) is 22.2 Å². The number of benzene rings is 1. The Hall–Kier alpha value is -3.54. The Labute approximate surface area is 248 Å². The number of pyridine rings is 1. The van der Waals surface area contributed by atoms with E-state index in [0.717, 1.165) is 45.0 Å². The smallest absolute Gasteiger partial charge is 0.319 e. The summed E-state index contributed by atoms with van der Waals surface area (Å²) < 4.78 is 35.2. The summed E-state index contributed by atoms with van der Waals surface area (Å²) in [6.45, 7) is 10.2. The lowest BCUT2D eigenvalue weighted by Crippen LogP contribution is -2.43. The molecule has 3 aromatic rings. The molecule has 12 heteroatoms. The second kappa shape index (κ2) is 10.3. The highest BCUT2D eigenvalue weighted by molar-refractivity contribution is 6.35. The molecule has 42 heavy (non-hydrogen) atoms. The van der Waals surface area contributed by atoms with Gasteiger partial charge in [-0.15, -0.1) is 0 Å². The normalized spacial score (nSPS) is 23.7. The molecular formula is C30H33ClFN7O3. The number of nitrogens with one attached hydrogen (secondary N) is 1. The van der Waals surface area contributed by atoms with Gasteiger partial charge in [-0.05, 0) is 50.8 Å². The third-order valence-electron chi connectivity index (χ3n) is 8.94. The van der Waals surface area contributed by atoms with Gasteiger partial charge in [-0.3, -0.25) is 4.90 Å². The van der Waals surface area contributed by atoms with Gasteiger partial charge in [-0.2, -0.15) is 9.97 Å². The molecule has 4 aliphatic rings. The molecule has 0 unspecified atom stereocenters. The lowest BCUT2D eigenvalue weighted by Gasteiger charge is -2.31. The summed E-state index contributed by atoms with van der Waals surface area (Å²) in [7, 11) is 0. The number of fused-ring (bicyclic) bond motifs is 3.